The van der Waals surface area contributed by atoms with Gasteiger partial charge in [-0.3, -0.25) is 4.57 Å². The van der Waals surface area contributed by atoms with E-state index in [1.807, 2.05) is 18.7 Å². The van der Waals surface area contributed by atoms with Crippen LogP contribution in [-0.2, 0) is 7.05 Å². The standard InChI is InChI=1S/C8H17N5/c1-4-5-6(9)7-11-12-8(10-2)13(7)3/h6H,4-5,9H2,1-3H3,(H,10,12). The van der Waals surface area contributed by atoms with Crippen molar-refractivity contribution in [2.24, 2.45) is 12.8 Å². The summed E-state index contributed by atoms with van der Waals surface area (Å²) in [6.45, 7) is 2.11. The Morgan fingerprint density at radius 3 is 2.69 bits per heavy atom. The van der Waals surface area contributed by atoms with Gasteiger partial charge in [-0.25, -0.2) is 0 Å². The summed E-state index contributed by atoms with van der Waals surface area (Å²) in [4.78, 5) is 0. The van der Waals surface area contributed by atoms with Crippen molar-refractivity contribution in [3.63, 3.8) is 0 Å². The number of hydrogen-bond donors (Lipinski definition) is 2. The number of aromatic nitrogens is 3. The van der Waals surface area contributed by atoms with Gasteiger partial charge < -0.3 is 11.1 Å². The van der Waals surface area contributed by atoms with Gasteiger partial charge in [-0.2, -0.15) is 0 Å². The summed E-state index contributed by atoms with van der Waals surface area (Å²) >= 11 is 0. The summed E-state index contributed by atoms with van der Waals surface area (Å²) in [6.07, 6.45) is 2.00. The minimum atomic E-state index is -0.00963. The van der Waals surface area contributed by atoms with Crippen LogP contribution in [0.3, 0.4) is 0 Å². The Kier molecular flexibility index (Phi) is 3.25. The van der Waals surface area contributed by atoms with E-state index >= 15 is 0 Å². The third kappa shape index (κ3) is 1.98. The molecule has 5 heteroatoms. The van der Waals surface area contributed by atoms with E-state index in [1.54, 1.807) is 0 Å². The minimum absolute atomic E-state index is 0.00963. The second kappa shape index (κ2) is 4.23. The fourth-order valence-electron chi connectivity index (χ4n) is 1.32. The highest BCUT2D eigenvalue weighted by Crippen LogP contribution is 2.15. The number of hydrogen-bond acceptors (Lipinski definition) is 4. The number of anilines is 1. The lowest BCUT2D eigenvalue weighted by Gasteiger charge is -2.09. The molecule has 0 saturated heterocycles. The highest BCUT2D eigenvalue weighted by Gasteiger charge is 2.13. The number of nitrogens with one attached hydrogen (secondary N) is 1. The van der Waals surface area contributed by atoms with Crippen molar-refractivity contribution in [1.82, 2.24) is 14.8 Å². The lowest BCUT2D eigenvalue weighted by Crippen LogP contribution is -2.15. The van der Waals surface area contributed by atoms with Crippen LogP contribution in [0.2, 0.25) is 0 Å². The first-order valence-corrected chi connectivity index (χ1v) is 4.53. The first-order chi connectivity index (χ1) is 6.20. The average Bonchev–Trinajstić information content (AvgIpc) is 2.47. The molecule has 0 fully saturated rings. The van der Waals surface area contributed by atoms with Crippen LogP contribution in [0.1, 0.15) is 31.6 Å². The lowest BCUT2D eigenvalue weighted by atomic mass is 10.2. The predicted molar refractivity (Wildman–Crippen MR) is 52.4 cm³/mol. The van der Waals surface area contributed by atoms with Gasteiger partial charge in [-0.05, 0) is 6.42 Å². The van der Waals surface area contributed by atoms with E-state index in [0.29, 0.717) is 0 Å². The normalized spacial score (nSPS) is 12.9. The molecule has 3 N–H and O–H groups in total. The van der Waals surface area contributed by atoms with Crippen LogP contribution in [-0.4, -0.2) is 21.8 Å². The summed E-state index contributed by atoms with van der Waals surface area (Å²) < 4.78 is 1.89. The second-order valence-electron chi connectivity index (χ2n) is 3.09. The highest BCUT2D eigenvalue weighted by molar-refractivity contribution is 5.24. The van der Waals surface area contributed by atoms with E-state index in [4.69, 9.17) is 5.73 Å². The van der Waals surface area contributed by atoms with Crippen LogP contribution in [0.4, 0.5) is 5.95 Å². The third-order valence-corrected chi connectivity index (χ3v) is 2.06. The molecule has 0 aliphatic rings. The van der Waals surface area contributed by atoms with Crippen molar-refractivity contribution < 1.29 is 0 Å². The molecule has 0 saturated carbocycles. The Morgan fingerprint density at radius 2 is 2.23 bits per heavy atom. The van der Waals surface area contributed by atoms with Crippen molar-refractivity contribution in [2.45, 2.75) is 25.8 Å². The fraction of sp³-hybridized carbons (Fsp3) is 0.750. The zero-order valence-corrected chi connectivity index (χ0v) is 8.41. The van der Waals surface area contributed by atoms with Crippen molar-refractivity contribution in [3.8, 4) is 0 Å². The van der Waals surface area contributed by atoms with Gasteiger partial charge >= 0.3 is 0 Å². The maximum absolute atomic E-state index is 5.92. The van der Waals surface area contributed by atoms with E-state index in [-0.39, 0.29) is 6.04 Å². The average molecular weight is 183 g/mol. The summed E-state index contributed by atoms with van der Waals surface area (Å²) in [5, 5.41) is 10.9. The third-order valence-electron chi connectivity index (χ3n) is 2.06. The Morgan fingerprint density at radius 1 is 1.54 bits per heavy atom. The largest absolute Gasteiger partial charge is 0.357 e. The first kappa shape index (κ1) is 9.98. The topological polar surface area (TPSA) is 68.8 Å². The molecule has 1 atom stereocenters. The van der Waals surface area contributed by atoms with Crippen molar-refractivity contribution >= 4 is 5.95 Å². The molecule has 0 spiro atoms. The maximum atomic E-state index is 5.92. The Balaban J connectivity index is 2.82. The van der Waals surface area contributed by atoms with Gasteiger partial charge in [0.15, 0.2) is 5.82 Å². The Labute approximate surface area is 78.3 Å². The zero-order chi connectivity index (χ0) is 9.84. The predicted octanol–water partition coefficient (Wildman–Crippen LogP) is 0.657. The minimum Gasteiger partial charge on any atom is -0.357 e. The van der Waals surface area contributed by atoms with Crippen LogP contribution in [0, 0.1) is 0 Å². The van der Waals surface area contributed by atoms with Gasteiger partial charge in [0.2, 0.25) is 5.95 Å². The number of nitrogens with zero attached hydrogens (tertiary/aromatic N) is 3. The van der Waals surface area contributed by atoms with Crippen molar-refractivity contribution in [1.29, 1.82) is 0 Å². The lowest BCUT2D eigenvalue weighted by molar-refractivity contribution is 0.578. The fourth-order valence-corrected chi connectivity index (χ4v) is 1.32. The Bertz CT molecular complexity index is 267. The van der Waals surface area contributed by atoms with Gasteiger partial charge in [-0.15, -0.1) is 10.2 Å². The van der Waals surface area contributed by atoms with Crippen molar-refractivity contribution in [2.75, 3.05) is 12.4 Å². The molecule has 0 aliphatic carbocycles. The summed E-state index contributed by atoms with van der Waals surface area (Å²) in [5.74, 6) is 1.59. The molecule has 74 valence electrons. The Hall–Kier alpha value is -1.10. The van der Waals surface area contributed by atoms with Gasteiger partial charge in [0, 0.05) is 14.1 Å². The van der Waals surface area contributed by atoms with Crippen LogP contribution in [0.25, 0.3) is 0 Å². The molecule has 1 rings (SSSR count). The molecule has 1 unspecified atom stereocenters. The van der Waals surface area contributed by atoms with Gasteiger partial charge in [0.05, 0.1) is 6.04 Å². The number of nitrogens with two attached hydrogens (primary N) is 1. The van der Waals surface area contributed by atoms with E-state index in [9.17, 15) is 0 Å². The molecule has 13 heavy (non-hydrogen) atoms. The molecule has 0 bridgehead atoms. The smallest absolute Gasteiger partial charge is 0.224 e. The number of rotatable bonds is 4. The molecule has 1 heterocycles. The van der Waals surface area contributed by atoms with Gasteiger partial charge in [0.1, 0.15) is 0 Å². The van der Waals surface area contributed by atoms with Crippen LogP contribution >= 0.6 is 0 Å². The molecule has 0 amide bonds. The second-order valence-corrected chi connectivity index (χ2v) is 3.09. The summed E-state index contributed by atoms with van der Waals surface area (Å²) in [7, 11) is 3.73. The van der Waals surface area contributed by atoms with E-state index in [2.05, 4.69) is 22.4 Å². The van der Waals surface area contributed by atoms with E-state index in [0.717, 1.165) is 24.6 Å². The zero-order valence-electron chi connectivity index (χ0n) is 8.41. The molecule has 1 aromatic heterocycles. The van der Waals surface area contributed by atoms with Gasteiger partial charge in [-0.1, -0.05) is 13.3 Å². The van der Waals surface area contributed by atoms with Crippen molar-refractivity contribution in [3.05, 3.63) is 5.82 Å². The SMILES string of the molecule is CCCC(N)c1nnc(NC)n1C. The highest BCUT2D eigenvalue weighted by atomic mass is 15.3. The molecule has 5 nitrogen and oxygen atoms in total. The summed E-state index contributed by atoms with van der Waals surface area (Å²) in [6, 6.07) is -0.00963. The van der Waals surface area contributed by atoms with E-state index < -0.39 is 0 Å². The van der Waals surface area contributed by atoms with Crippen LogP contribution in [0.5, 0.6) is 0 Å². The van der Waals surface area contributed by atoms with Crippen LogP contribution < -0.4 is 11.1 Å². The molecule has 0 radical (unpaired) electrons. The molecular weight excluding hydrogens is 166 g/mol. The van der Waals surface area contributed by atoms with Gasteiger partial charge in [0.25, 0.3) is 0 Å². The van der Waals surface area contributed by atoms with E-state index in [1.165, 1.54) is 0 Å². The van der Waals surface area contributed by atoms with Crippen LogP contribution in [0.15, 0.2) is 0 Å². The molecular formula is C8H17N5. The summed E-state index contributed by atoms with van der Waals surface area (Å²) in [5.41, 5.74) is 5.92. The quantitative estimate of drug-likeness (QED) is 0.719. The first-order valence-electron chi connectivity index (χ1n) is 4.53. The maximum Gasteiger partial charge on any atom is 0.224 e. The molecule has 1 aromatic rings. The molecule has 0 aliphatic heterocycles. The molecule has 0 aromatic carbocycles. The monoisotopic (exact) mass is 183 g/mol.